The van der Waals surface area contributed by atoms with Crippen LogP contribution >= 0.6 is 0 Å². The van der Waals surface area contributed by atoms with Crippen LogP contribution in [0.25, 0.3) is 0 Å². The Hall–Kier alpha value is -0.930. The van der Waals surface area contributed by atoms with Gasteiger partial charge in [0.05, 0.1) is 24.9 Å². The highest BCUT2D eigenvalue weighted by Gasteiger charge is 2.32. The summed E-state index contributed by atoms with van der Waals surface area (Å²) in [6.07, 6.45) is 0.941. The summed E-state index contributed by atoms with van der Waals surface area (Å²) in [6.45, 7) is 5.00. The van der Waals surface area contributed by atoms with E-state index in [-0.39, 0.29) is 17.5 Å². The Labute approximate surface area is 95.4 Å². The van der Waals surface area contributed by atoms with Crippen molar-refractivity contribution in [2.24, 2.45) is 0 Å². The van der Waals surface area contributed by atoms with E-state index in [9.17, 15) is 4.39 Å². The van der Waals surface area contributed by atoms with E-state index in [0.717, 1.165) is 6.42 Å². The molecule has 2 nitrogen and oxygen atoms in total. The molecule has 88 valence electrons. The smallest absolute Gasteiger partial charge is 0.128 e. The van der Waals surface area contributed by atoms with Crippen molar-refractivity contribution in [2.45, 2.75) is 38.6 Å². The zero-order valence-electron chi connectivity index (χ0n) is 9.70. The fourth-order valence-corrected chi connectivity index (χ4v) is 1.91. The zero-order chi connectivity index (χ0) is 11.6. The lowest BCUT2D eigenvalue weighted by atomic mass is 10.0. The van der Waals surface area contributed by atoms with Crippen LogP contribution < -0.4 is 0 Å². The molecule has 2 rings (SSSR count). The summed E-state index contributed by atoms with van der Waals surface area (Å²) < 4.78 is 24.5. The third-order valence-corrected chi connectivity index (χ3v) is 2.81. The van der Waals surface area contributed by atoms with Crippen LogP contribution in [-0.2, 0) is 16.1 Å². The van der Waals surface area contributed by atoms with Crippen LogP contribution in [-0.4, -0.2) is 18.3 Å². The monoisotopic (exact) mass is 224 g/mol. The van der Waals surface area contributed by atoms with E-state index in [2.05, 4.69) is 0 Å². The molecule has 0 N–H and O–H groups in total. The van der Waals surface area contributed by atoms with Gasteiger partial charge in [0.25, 0.3) is 0 Å². The number of halogens is 1. The number of hydrogen-bond acceptors (Lipinski definition) is 2. The molecule has 1 aliphatic rings. The normalized spacial score (nSPS) is 23.6. The first-order chi connectivity index (χ1) is 7.57. The minimum Gasteiger partial charge on any atom is -0.373 e. The maximum absolute atomic E-state index is 13.3. The van der Waals surface area contributed by atoms with Crippen LogP contribution in [0, 0.1) is 5.82 Å². The quantitative estimate of drug-likeness (QED) is 0.786. The molecule has 3 heteroatoms. The van der Waals surface area contributed by atoms with Crippen LogP contribution in [0.3, 0.4) is 0 Å². The van der Waals surface area contributed by atoms with Gasteiger partial charge in [-0.3, -0.25) is 0 Å². The maximum atomic E-state index is 13.3. The lowest BCUT2D eigenvalue weighted by Crippen LogP contribution is -2.18. The Balaban J connectivity index is 1.87. The summed E-state index contributed by atoms with van der Waals surface area (Å²) in [5.74, 6) is -0.208. The molecule has 16 heavy (non-hydrogen) atoms. The van der Waals surface area contributed by atoms with Crippen molar-refractivity contribution in [1.29, 1.82) is 0 Å². The number of ether oxygens (including phenoxy) is 2. The molecule has 0 aliphatic carbocycles. The summed E-state index contributed by atoms with van der Waals surface area (Å²) in [5.41, 5.74) is 0.493. The predicted molar refractivity (Wildman–Crippen MR) is 59.6 cm³/mol. The van der Waals surface area contributed by atoms with Gasteiger partial charge in [0, 0.05) is 12.0 Å². The summed E-state index contributed by atoms with van der Waals surface area (Å²) in [6, 6.07) is 6.70. The second-order valence-corrected chi connectivity index (χ2v) is 4.80. The Kier molecular flexibility index (Phi) is 3.26. The minimum atomic E-state index is -0.208. The van der Waals surface area contributed by atoms with E-state index in [1.54, 1.807) is 12.1 Å². The highest BCUT2D eigenvalue weighted by Crippen LogP contribution is 2.27. The largest absolute Gasteiger partial charge is 0.373 e. The molecule has 0 bridgehead atoms. The average Bonchev–Trinajstić information content (AvgIpc) is 2.57. The van der Waals surface area contributed by atoms with E-state index < -0.39 is 0 Å². The third-order valence-electron chi connectivity index (χ3n) is 2.81. The van der Waals surface area contributed by atoms with E-state index in [4.69, 9.17) is 9.47 Å². The van der Waals surface area contributed by atoms with Crippen LogP contribution in [0.4, 0.5) is 4.39 Å². The molecular weight excluding hydrogens is 207 g/mol. The van der Waals surface area contributed by atoms with Gasteiger partial charge in [-0.15, -0.1) is 0 Å². The molecule has 0 spiro atoms. The van der Waals surface area contributed by atoms with Crippen molar-refractivity contribution in [3.63, 3.8) is 0 Å². The number of hydrogen-bond donors (Lipinski definition) is 0. The zero-order valence-corrected chi connectivity index (χ0v) is 9.70. The topological polar surface area (TPSA) is 18.5 Å². The van der Waals surface area contributed by atoms with Crippen molar-refractivity contribution in [3.05, 3.63) is 35.6 Å². The van der Waals surface area contributed by atoms with Crippen LogP contribution in [0.1, 0.15) is 25.8 Å². The molecule has 1 heterocycles. The summed E-state index contributed by atoms with van der Waals surface area (Å²) in [5, 5.41) is 0. The van der Waals surface area contributed by atoms with E-state index in [1.165, 1.54) is 6.07 Å². The highest BCUT2D eigenvalue weighted by atomic mass is 19.1. The van der Waals surface area contributed by atoms with Crippen molar-refractivity contribution in [3.8, 4) is 0 Å². The number of rotatable bonds is 3. The molecular formula is C13H17FO2. The summed E-state index contributed by atoms with van der Waals surface area (Å²) in [4.78, 5) is 0. The SMILES string of the molecule is CC1(C)CC(OCc2ccccc2F)CO1. The number of benzene rings is 1. The molecule has 1 aromatic rings. The standard InChI is InChI=1S/C13H17FO2/c1-13(2)7-11(9-16-13)15-8-10-5-3-4-6-12(10)14/h3-6,11H,7-9H2,1-2H3. The van der Waals surface area contributed by atoms with Crippen molar-refractivity contribution in [2.75, 3.05) is 6.61 Å². The first-order valence-corrected chi connectivity index (χ1v) is 5.56. The van der Waals surface area contributed by atoms with Crippen molar-refractivity contribution >= 4 is 0 Å². The molecule has 1 unspecified atom stereocenters. The van der Waals surface area contributed by atoms with Gasteiger partial charge in [-0.05, 0) is 19.9 Å². The van der Waals surface area contributed by atoms with Gasteiger partial charge < -0.3 is 9.47 Å². The fraction of sp³-hybridized carbons (Fsp3) is 0.538. The van der Waals surface area contributed by atoms with Crippen LogP contribution in [0.2, 0.25) is 0 Å². The Bertz CT molecular complexity index is 363. The Morgan fingerprint density at radius 3 is 2.81 bits per heavy atom. The molecule has 1 aromatic carbocycles. The van der Waals surface area contributed by atoms with Gasteiger partial charge >= 0.3 is 0 Å². The van der Waals surface area contributed by atoms with Gasteiger partial charge in [0.15, 0.2) is 0 Å². The van der Waals surface area contributed by atoms with Gasteiger partial charge in [-0.25, -0.2) is 4.39 Å². The molecule has 1 fully saturated rings. The second-order valence-electron chi connectivity index (χ2n) is 4.80. The first kappa shape index (κ1) is 11.6. The lowest BCUT2D eigenvalue weighted by molar-refractivity contribution is 0.0116. The summed E-state index contributed by atoms with van der Waals surface area (Å²) >= 11 is 0. The van der Waals surface area contributed by atoms with Crippen LogP contribution in [0.15, 0.2) is 24.3 Å². The summed E-state index contributed by atoms with van der Waals surface area (Å²) in [7, 11) is 0. The molecule has 0 aromatic heterocycles. The Morgan fingerprint density at radius 2 is 2.19 bits per heavy atom. The minimum absolute atomic E-state index is 0.0783. The van der Waals surface area contributed by atoms with E-state index in [1.807, 2.05) is 19.9 Å². The maximum Gasteiger partial charge on any atom is 0.128 e. The van der Waals surface area contributed by atoms with Gasteiger partial charge in [0.2, 0.25) is 0 Å². The van der Waals surface area contributed by atoms with Gasteiger partial charge in [-0.2, -0.15) is 0 Å². The molecule has 0 radical (unpaired) electrons. The fourth-order valence-electron chi connectivity index (χ4n) is 1.91. The van der Waals surface area contributed by atoms with Gasteiger partial charge in [0.1, 0.15) is 5.82 Å². The van der Waals surface area contributed by atoms with E-state index in [0.29, 0.717) is 18.8 Å². The second kappa shape index (κ2) is 4.52. The van der Waals surface area contributed by atoms with Crippen molar-refractivity contribution < 1.29 is 13.9 Å². The molecule has 0 saturated carbocycles. The first-order valence-electron chi connectivity index (χ1n) is 5.56. The molecule has 1 atom stereocenters. The Morgan fingerprint density at radius 1 is 1.44 bits per heavy atom. The molecule has 0 amide bonds. The van der Waals surface area contributed by atoms with Gasteiger partial charge in [-0.1, -0.05) is 18.2 Å². The van der Waals surface area contributed by atoms with E-state index >= 15 is 0 Å². The highest BCUT2D eigenvalue weighted by molar-refractivity contribution is 5.16. The lowest BCUT2D eigenvalue weighted by Gasteiger charge is -2.15. The molecule has 1 saturated heterocycles. The average molecular weight is 224 g/mol. The van der Waals surface area contributed by atoms with Crippen molar-refractivity contribution in [1.82, 2.24) is 0 Å². The molecule has 1 aliphatic heterocycles. The van der Waals surface area contributed by atoms with Crippen LogP contribution in [0.5, 0.6) is 0 Å². The predicted octanol–water partition coefficient (Wildman–Crippen LogP) is 2.91. The third kappa shape index (κ3) is 2.80.